The number of nitrogens with one attached hydrogen (secondary N) is 1. The first-order chi connectivity index (χ1) is 12.6. The zero-order chi connectivity index (χ0) is 20.2. The van der Waals surface area contributed by atoms with Gasteiger partial charge in [0.25, 0.3) is 0 Å². The van der Waals surface area contributed by atoms with Gasteiger partial charge < -0.3 is 4.98 Å². The van der Waals surface area contributed by atoms with Crippen molar-refractivity contribution in [3.63, 3.8) is 0 Å². The van der Waals surface area contributed by atoms with Gasteiger partial charge in [-0.3, -0.25) is 0 Å². The van der Waals surface area contributed by atoms with E-state index in [0.29, 0.717) is 12.4 Å². The number of hydrogen-bond acceptors (Lipinski definition) is 0. The van der Waals surface area contributed by atoms with Gasteiger partial charge in [-0.15, -0.1) is 0 Å². The second-order valence-electron chi connectivity index (χ2n) is 5.17. The van der Waals surface area contributed by atoms with Gasteiger partial charge in [0.15, 0.2) is 46.5 Å². The van der Waals surface area contributed by atoms with Crippen LogP contribution in [0.15, 0.2) is 12.4 Å². The van der Waals surface area contributed by atoms with Crippen LogP contribution < -0.4 is 0 Å². The molecule has 0 radical (unpaired) electrons. The van der Waals surface area contributed by atoms with Crippen LogP contribution in [0.4, 0.5) is 43.9 Å². The summed E-state index contributed by atoms with van der Waals surface area (Å²) in [5, 5.41) is 0. The molecule has 11 heteroatoms. The van der Waals surface area contributed by atoms with Gasteiger partial charge >= 0.3 is 0 Å². The van der Waals surface area contributed by atoms with E-state index in [0.717, 1.165) is 0 Å². The van der Waals surface area contributed by atoms with Crippen molar-refractivity contribution in [3.8, 4) is 22.3 Å². The van der Waals surface area contributed by atoms with Crippen molar-refractivity contribution in [2.24, 2.45) is 0 Å². The molecule has 2 aromatic carbocycles. The highest BCUT2D eigenvalue weighted by atomic mass is 19.2. The highest BCUT2D eigenvalue weighted by molar-refractivity contribution is 5.84. The fourth-order valence-electron chi connectivity index (χ4n) is 2.46. The molecule has 1 N–H and O–H groups in total. The molecule has 0 unspecified atom stereocenters. The van der Waals surface area contributed by atoms with Gasteiger partial charge in [-0.05, 0) is 0 Å². The molecule has 1 heterocycles. The van der Waals surface area contributed by atoms with Crippen molar-refractivity contribution < 1.29 is 43.9 Å². The molecule has 0 aliphatic heterocycles. The second kappa shape index (κ2) is 6.32. The third-order valence-electron chi connectivity index (χ3n) is 3.70. The van der Waals surface area contributed by atoms with Crippen LogP contribution in [0.1, 0.15) is 0 Å². The molecule has 0 amide bonds. The van der Waals surface area contributed by atoms with Crippen LogP contribution in [0.5, 0.6) is 0 Å². The summed E-state index contributed by atoms with van der Waals surface area (Å²) in [6.45, 7) is 0. The van der Waals surface area contributed by atoms with E-state index in [1.807, 2.05) is 0 Å². The zero-order valence-electron chi connectivity index (χ0n) is 12.4. The normalized spacial score (nSPS) is 11.3. The van der Waals surface area contributed by atoms with E-state index in [1.54, 1.807) is 0 Å². The van der Waals surface area contributed by atoms with E-state index in [2.05, 4.69) is 4.98 Å². The average molecular weight is 399 g/mol. The molecule has 0 atom stereocenters. The predicted octanol–water partition coefficient (Wildman–Crippen LogP) is 5.74. The number of aromatic nitrogens is 1. The first kappa shape index (κ1) is 18.8. The molecule has 0 bridgehead atoms. The fourth-order valence-corrected chi connectivity index (χ4v) is 2.46. The highest BCUT2D eigenvalue weighted by Gasteiger charge is 2.32. The standard InChI is InChI=1S/C16H3F10N/c17-7-5(8(18)12(22)15(25)11(7)21)3-1-27-2-4(3)6-9(19)13(23)16(26)14(24)10(6)20/h1-2,27H. The summed E-state index contributed by atoms with van der Waals surface area (Å²) in [7, 11) is 0. The van der Waals surface area contributed by atoms with Crippen LogP contribution in [0.2, 0.25) is 0 Å². The van der Waals surface area contributed by atoms with Gasteiger partial charge in [0, 0.05) is 23.5 Å². The predicted molar refractivity (Wildman–Crippen MR) is 71.2 cm³/mol. The maximum absolute atomic E-state index is 14.0. The Labute approximate surface area is 142 Å². The topological polar surface area (TPSA) is 15.8 Å². The molecule has 1 nitrogen and oxygen atoms in total. The van der Waals surface area contributed by atoms with Crippen LogP contribution in [-0.4, -0.2) is 4.98 Å². The van der Waals surface area contributed by atoms with Gasteiger partial charge in [-0.25, -0.2) is 43.9 Å². The largest absolute Gasteiger partial charge is 0.366 e. The molecule has 3 rings (SSSR count). The number of benzene rings is 2. The first-order valence-electron chi connectivity index (χ1n) is 6.79. The van der Waals surface area contributed by atoms with E-state index >= 15 is 0 Å². The third-order valence-corrected chi connectivity index (χ3v) is 3.70. The van der Waals surface area contributed by atoms with Gasteiger partial charge in [0.1, 0.15) is 0 Å². The third kappa shape index (κ3) is 2.56. The summed E-state index contributed by atoms with van der Waals surface area (Å²) in [6, 6.07) is 0. The van der Waals surface area contributed by atoms with Crippen LogP contribution in [0.25, 0.3) is 22.3 Å². The Bertz CT molecular complexity index is 944. The summed E-state index contributed by atoms with van der Waals surface area (Å²) in [5.74, 6) is -23.8. The zero-order valence-corrected chi connectivity index (χ0v) is 12.4. The molecular formula is C16H3F10N. The smallest absolute Gasteiger partial charge is 0.200 e. The molecule has 0 fully saturated rings. The highest BCUT2D eigenvalue weighted by Crippen LogP contribution is 2.40. The number of hydrogen-bond donors (Lipinski definition) is 1. The summed E-state index contributed by atoms with van der Waals surface area (Å²) in [6.07, 6.45) is 1.15. The van der Waals surface area contributed by atoms with Crippen LogP contribution in [0.3, 0.4) is 0 Å². The van der Waals surface area contributed by atoms with E-state index in [4.69, 9.17) is 0 Å². The molecular weight excluding hydrogens is 396 g/mol. The molecule has 0 aliphatic rings. The van der Waals surface area contributed by atoms with Crippen molar-refractivity contribution in [2.75, 3.05) is 0 Å². The van der Waals surface area contributed by atoms with Crippen molar-refractivity contribution in [2.45, 2.75) is 0 Å². The molecule has 0 spiro atoms. The average Bonchev–Trinajstić information content (AvgIpc) is 3.10. The van der Waals surface area contributed by atoms with E-state index in [-0.39, 0.29) is 0 Å². The number of rotatable bonds is 2. The molecule has 1 aromatic heterocycles. The molecule has 0 saturated heterocycles. The molecule has 27 heavy (non-hydrogen) atoms. The molecule has 3 aromatic rings. The minimum absolute atomic E-state index is 0.575. The Morgan fingerprint density at radius 1 is 0.370 bits per heavy atom. The maximum Gasteiger partial charge on any atom is 0.200 e. The lowest BCUT2D eigenvalue weighted by molar-refractivity contribution is 0.380. The Hall–Kier alpha value is -2.98. The minimum Gasteiger partial charge on any atom is -0.366 e. The first-order valence-corrected chi connectivity index (χ1v) is 6.79. The minimum atomic E-state index is -2.48. The summed E-state index contributed by atoms with van der Waals surface area (Å²) in [4.78, 5) is 2.07. The molecule has 142 valence electrons. The number of H-pyrrole nitrogens is 1. The van der Waals surface area contributed by atoms with E-state index in [1.165, 1.54) is 0 Å². The van der Waals surface area contributed by atoms with Gasteiger partial charge in [0.2, 0.25) is 11.6 Å². The Morgan fingerprint density at radius 3 is 0.852 bits per heavy atom. The SMILES string of the molecule is Fc1c(F)c(F)c(-c2c[nH]cc2-c2c(F)c(F)c(F)c(F)c2F)c(F)c1F. The lowest BCUT2D eigenvalue weighted by atomic mass is 9.96. The molecule has 0 aliphatic carbocycles. The Balaban J connectivity index is 2.40. The van der Waals surface area contributed by atoms with Gasteiger partial charge in [-0.2, -0.15) is 0 Å². The number of aromatic amines is 1. The van der Waals surface area contributed by atoms with Gasteiger partial charge in [0.05, 0.1) is 11.1 Å². The van der Waals surface area contributed by atoms with E-state index < -0.39 is 80.4 Å². The monoisotopic (exact) mass is 399 g/mol. The fraction of sp³-hybridized carbons (Fsp3) is 0. The van der Waals surface area contributed by atoms with Crippen molar-refractivity contribution in [1.82, 2.24) is 4.98 Å². The quantitative estimate of drug-likeness (QED) is 0.321. The summed E-state index contributed by atoms with van der Waals surface area (Å²) >= 11 is 0. The summed E-state index contributed by atoms with van der Waals surface area (Å²) < 4.78 is 136. The molecule has 0 saturated carbocycles. The Morgan fingerprint density at radius 2 is 0.593 bits per heavy atom. The van der Waals surface area contributed by atoms with Crippen molar-refractivity contribution in [1.29, 1.82) is 0 Å². The van der Waals surface area contributed by atoms with Crippen LogP contribution >= 0.6 is 0 Å². The summed E-state index contributed by atoms with van der Waals surface area (Å²) in [5.41, 5.74) is -5.23. The lowest BCUT2D eigenvalue weighted by Gasteiger charge is -2.12. The lowest BCUT2D eigenvalue weighted by Crippen LogP contribution is -2.06. The number of halogens is 10. The second-order valence-corrected chi connectivity index (χ2v) is 5.17. The maximum atomic E-state index is 14.0. The van der Waals surface area contributed by atoms with Crippen LogP contribution in [-0.2, 0) is 0 Å². The van der Waals surface area contributed by atoms with Crippen LogP contribution in [0, 0.1) is 58.2 Å². The Kier molecular flexibility index (Phi) is 4.40. The van der Waals surface area contributed by atoms with Crippen molar-refractivity contribution >= 4 is 0 Å². The van der Waals surface area contributed by atoms with Crippen molar-refractivity contribution in [3.05, 3.63) is 70.6 Å². The van der Waals surface area contributed by atoms with E-state index in [9.17, 15) is 43.9 Å². The van der Waals surface area contributed by atoms with Gasteiger partial charge in [-0.1, -0.05) is 0 Å².